The Labute approximate surface area is 119 Å². The van der Waals surface area contributed by atoms with Crippen LogP contribution in [-0.2, 0) is 0 Å². The van der Waals surface area contributed by atoms with E-state index in [9.17, 15) is 5.11 Å². The molecule has 2 rings (SSSR count). The standard InChI is InChI=1S/C9H7NO.Rb.H/c11-8-5-1-3-7-4-2-6-10-9(7)8;;/h1-6,11H;;. The van der Waals surface area contributed by atoms with Crippen molar-refractivity contribution in [2.24, 2.45) is 0 Å². The van der Waals surface area contributed by atoms with Gasteiger partial charge in [-0.3, -0.25) is 4.98 Å². The molecule has 56 valence electrons. The first kappa shape index (κ1) is 10.3. The van der Waals surface area contributed by atoms with E-state index < -0.39 is 0 Å². The van der Waals surface area contributed by atoms with Crippen molar-refractivity contribution < 1.29 is 5.11 Å². The zero-order valence-corrected chi connectivity index (χ0v) is 5.86. The van der Waals surface area contributed by atoms with Crippen molar-refractivity contribution in [1.82, 2.24) is 4.98 Å². The van der Waals surface area contributed by atoms with Crippen LogP contribution in [0.3, 0.4) is 0 Å². The molecule has 1 N–H and O–H groups in total. The Hall–Kier alpha value is 0.235. The molecule has 2 aromatic rings. The number of fused-ring (bicyclic) bond motifs is 1. The van der Waals surface area contributed by atoms with Gasteiger partial charge >= 0.3 is 58.2 Å². The Morgan fingerprint density at radius 1 is 1.08 bits per heavy atom. The molecule has 0 bridgehead atoms. The fourth-order valence-electron chi connectivity index (χ4n) is 1.09. The van der Waals surface area contributed by atoms with Gasteiger partial charge in [-0.1, -0.05) is 18.2 Å². The average molecular weight is 232 g/mol. The molecule has 0 amide bonds. The maximum atomic E-state index is 9.31. The normalized spacial score (nSPS) is 9.33. The van der Waals surface area contributed by atoms with Crippen LogP contribution in [0.4, 0.5) is 0 Å². The fraction of sp³-hybridized carbons (Fsp3) is 0. The Balaban J connectivity index is 0.000000720. The van der Waals surface area contributed by atoms with Gasteiger partial charge in [0.05, 0.1) is 0 Å². The molecule has 0 saturated carbocycles. The van der Waals surface area contributed by atoms with E-state index in [0.717, 1.165) is 5.39 Å². The molecule has 0 fully saturated rings. The van der Waals surface area contributed by atoms with E-state index in [0.29, 0.717) is 5.52 Å². The molecule has 0 aliphatic carbocycles. The first-order valence-electron chi connectivity index (χ1n) is 3.40. The van der Waals surface area contributed by atoms with Crippen LogP contribution in [0, 0.1) is 0 Å². The predicted molar refractivity (Wildman–Crippen MR) is 50.6 cm³/mol. The first-order chi connectivity index (χ1) is 5.38. The molecule has 0 radical (unpaired) electrons. The second-order valence-corrected chi connectivity index (χ2v) is 2.35. The van der Waals surface area contributed by atoms with Crippen LogP contribution < -0.4 is 0 Å². The van der Waals surface area contributed by atoms with Gasteiger partial charge in [0.2, 0.25) is 0 Å². The topological polar surface area (TPSA) is 33.1 Å². The number of para-hydroxylation sites is 1. The van der Waals surface area contributed by atoms with Crippen molar-refractivity contribution in [1.29, 1.82) is 0 Å². The van der Waals surface area contributed by atoms with Crippen molar-refractivity contribution in [3.63, 3.8) is 0 Å². The molecule has 1 heterocycles. The third-order valence-electron chi connectivity index (χ3n) is 1.61. The van der Waals surface area contributed by atoms with Gasteiger partial charge in [-0.25, -0.2) is 0 Å². The first-order valence-corrected chi connectivity index (χ1v) is 3.40. The molecule has 0 aliphatic rings. The molecule has 0 atom stereocenters. The van der Waals surface area contributed by atoms with Crippen molar-refractivity contribution in [2.75, 3.05) is 0 Å². The molecule has 3 heteroatoms. The molecule has 0 aliphatic heterocycles. The molecule has 0 saturated heterocycles. The summed E-state index contributed by atoms with van der Waals surface area (Å²) in [6, 6.07) is 9.13. The monoisotopic (exact) mass is 231 g/mol. The van der Waals surface area contributed by atoms with Crippen LogP contribution in [0.1, 0.15) is 0 Å². The Morgan fingerprint density at radius 2 is 1.83 bits per heavy atom. The third-order valence-corrected chi connectivity index (χ3v) is 1.61. The number of phenolic OH excluding ortho intramolecular Hbond substituents is 1. The Morgan fingerprint density at radius 3 is 2.58 bits per heavy atom. The number of aromatic hydroxyl groups is 1. The summed E-state index contributed by atoms with van der Waals surface area (Å²) in [5, 5.41) is 10.3. The van der Waals surface area contributed by atoms with Crippen molar-refractivity contribution >= 4 is 69.1 Å². The number of phenols is 1. The van der Waals surface area contributed by atoms with Crippen molar-refractivity contribution in [3.8, 4) is 5.75 Å². The van der Waals surface area contributed by atoms with Gasteiger partial charge < -0.3 is 5.11 Å². The van der Waals surface area contributed by atoms with E-state index >= 15 is 0 Å². The molecule has 12 heavy (non-hydrogen) atoms. The number of aromatic nitrogens is 1. The Kier molecular flexibility index (Phi) is 3.84. The molecule has 1 aromatic heterocycles. The van der Waals surface area contributed by atoms with Crippen molar-refractivity contribution in [3.05, 3.63) is 36.5 Å². The van der Waals surface area contributed by atoms with E-state index in [-0.39, 0.29) is 63.9 Å². The number of nitrogens with zero attached hydrogens (tertiary/aromatic N) is 1. The zero-order valence-electron chi connectivity index (χ0n) is 5.86. The van der Waals surface area contributed by atoms with Crippen LogP contribution >= 0.6 is 0 Å². The minimum absolute atomic E-state index is 0. The Bertz CT molecular complexity index is 384. The number of benzene rings is 1. The predicted octanol–water partition coefficient (Wildman–Crippen LogP) is 1.29. The molecular weight excluding hydrogens is 224 g/mol. The van der Waals surface area contributed by atoms with Crippen LogP contribution in [0.2, 0.25) is 0 Å². The SMILES string of the molecule is Oc1cccc2cccnc12.[RbH]. The van der Waals surface area contributed by atoms with Gasteiger partial charge in [0.1, 0.15) is 11.3 Å². The maximum absolute atomic E-state index is 9.31. The van der Waals surface area contributed by atoms with E-state index in [4.69, 9.17) is 0 Å². The van der Waals surface area contributed by atoms with Crippen molar-refractivity contribution in [2.45, 2.75) is 0 Å². The quantitative estimate of drug-likeness (QED) is 0.741. The van der Waals surface area contributed by atoms with Gasteiger partial charge in [-0.15, -0.1) is 0 Å². The second-order valence-electron chi connectivity index (χ2n) is 2.35. The van der Waals surface area contributed by atoms with E-state index in [1.165, 1.54) is 0 Å². The minimum atomic E-state index is 0. The van der Waals surface area contributed by atoms with Crippen LogP contribution in [0.5, 0.6) is 5.75 Å². The molecule has 1 aromatic carbocycles. The number of hydrogen-bond donors (Lipinski definition) is 1. The average Bonchev–Trinajstić information content (AvgIpc) is 2.06. The summed E-state index contributed by atoms with van der Waals surface area (Å²) in [4.78, 5) is 4.03. The van der Waals surface area contributed by atoms with Gasteiger partial charge in [-0.05, 0) is 12.1 Å². The summed E-state index contributed by atoms with van der Waals surface area (Å²) >= 11 is 0. The summed E-state index contributed by atoms with van der Waals surface area (Å²) in [5.74, 6) is 0.239. The zero-order chi connectivity index (χ0) is 7.68. The van der Waals surface area contributed by atoms with Gasteiger partial charge in [0.15, 0.2) is 0 Å². The number of pyridine rings is 1. The van der Waals surface area contributed by atoms with E-state index in [2.05, 4.69) is 4.98 Å². The van der Waals surface area contributed by atoms with Crippen LogP contribution in [-0.4, -0.2) is 68.3 Å². The summed E-state index contributed by atoms with van der Waals surface area (Å²) in [6.45, 7) is 0. The van der Waals surface area contributed by atoms with E-state index in [1.54, 1.807) is 18.3 Å². The van der Waals surface area contributed by atoms with E-state index in [1.807, 2.05) is 18.2 Å². The second kappa shape index (κ2) is 4.47. The summed E-state index contributed by atoms with van der Waals surface area (Å²) in [7, 11) is 0. The summed E-state index contributed by atoms with van der Waals surface area (Å²) in [5.41, 5.74) is 0.662. The molecular formula is C9H8NORb. The fourth-order valence-corrected chi connectivity index (χ4v) is 1.09. The number of rotatable bonds is 0. The molecule has 0 spiro atoms. The van der Waals surface area contributed by atoms with Crippen LogP contribution in [0.25, 0.3) is 10.9 Å². The summed E-state index contributed by atoms with van der Waals surface area (Å²) < 4.78 is 0. The molecule has 0 unspecified atom stereocenters. The van der Waals surface area contributed by atoms with Gasteiger partial charge in [0, 0.05) is 11.6 Å². The van der Waals surface area contributed by atoms with Gasteiger partial charge in [-0.2, -0.15) is 0 Å². The summed E-state index contributed by atoms with van der Waals surface area (Å²) in [6.07, 6.45) is 1.67. The third kappa shape index (κ3) is 1.94. The van der Waals surface area contributed by atoms with Crippen LogP contribution in [0.15, 0.2) is 36.5 Å². The number of hydrogen-bond acceptors (Lipinski definition) is 2. The van der Waals surface area contributed by atoms with Gasteiger partial charge in [0.25, 0.3) is 0 Å². The molecule has 2 nitrogen and oxygen atoms in total.